The minimum absolute atomic E-state index is 0.0106. The van der Waals surface area contributed by atoms with E-state index in [9.17, 15) is 13.2 Å². The number of fused-ring (bicyclic) bond motifs is 1. The van der Waals surface area contributed by atoms with Crippen molar-refractivity contribution in [2.75, 3.05) is 17.1 Å². The Hall–Kier alpha value is -2.92. The lowest BCUT2D eigenvalue weighted by atomic mass is 10.1. The molecule has 1 aliphatic heterocycles. The van der Waals surface area contributed by atoms with Gasteiger partial charge in [-0.2, -0.15) is 4.98 Å². The van der Waals surface area contributed by atoms with E-state index in [1.165, 1.54) is 15.6 Å². The number of sulfonamides is 1. The lowest BCUT2D eigenvalue weighted by Crippen LogP contribution is -2.50. The number of hydrogen-bond donors (Lipinski definition) is 1. The Bertz CT molecular complexity index is 1140. The highest BCUT2D eigenvalue weighted by atomic mass is 32.2. The summed E-state index contributed by atoms with van der Waals surface area (Å²) in [6, 6.07) is 8.92. The van der Waals surface area contributed by atoms with Crippen LogP contribution in [-0.2, 0) is 21.4 Å². The molecule has 1 atom stereocenters. The Morgan fingerprint density at radius 1 is 1.38 bits per heavy atom. The monoisotopic (exact) mass is 434 g/mol. The molecule has 1 aliphatic rings. The van der Waals surface area contributed by atoms with Crippen molar-refractivity contribution in [3.05, 3.63) is 47.2 Å². The van der Waals surface area contributed by atoms with Crippen molar-refractivity contribution < 1.29 is 22.5 Å². The van der Waals surface area contributed by atoms with Gasteiger partial charge in [0.25, 0.3) is 5.91 Å². The van der Waals surface area contributed by atoms with Gasteiger partial charge in [0, 0.05) is 0 Å². The molecule has 4 rings (SSSR count). The number of nitrogens with one attached hydrogen (secondary N) is 1. The molecule has 0 fully saturated rings. The molecule has 0 saturated heterocycles. The third-order valence-electron chi connectivity index (χ3n) is 4.30. The lowest BCUT2D eigenvalue weighted by Gasteiger charge is -2.34. The zero-order chi connectivity index (χ0) is 20.6. The molecule has 29 heavy (non-hydrogen) atoms. The van der Waals surface area contributed by atoms with Crippen LogP contribution in [0.4, 0.5) is 5.69 Å². The number of anilines is 1. The van der Waals surface area contributed by atoms with E-state index in [0.717, 1.165) is 16.7 Å². The molecule has 152 valence electrons. The summed E-state index contributed by atoms with van der Waals surface area (Å²) >= 11 is 1.48. The summed E-state index contributed by atoms with van der Waals surface area (Å²) in [5.41, 5.74) is 1.32. The second-order valence-electron chi connectivity index (χ2n) is 6.58. The molecule has 0 spiro atoms. The molecule has 0 aliphatic carbocycles. The standard InChI is InChI=1S/C18H18N4O5S2/c1-11-5-6-13-12(8-11)22(29(2,24)25)10-14(26-13)18(23)19-9-16-20-17(21-27-16)15-4-3-7-28-15/h3-8,14H,9-10H2,1-2H3,(H,19,23)/t14-/m1/s1. The van der Waals surface area contributed by atoms with Crippen molar-refractivity contribution in [1.82, 2.24) is 15.5 Å². The summed E-state index contributed by atoms with van der Waals surface area (Å²) in [6.07, 6.45) is 0.101. The van der Waals surface area contributed by atoms with Gasteiger partial charge in [-0.15, -0.1) is 11.3 Å². The highest BCUT2D eigenvalue weighted by Gasteiger charge is 2.35. The predicted molar refractivity (Wildman–Crippen MR) is 107 cm³/mol. The molecule has 0 bridgehead atoms. The summed E-state index contributed by atoms with van der Waals surface area (Å²) in [5.74, 6) is 0.560. The Labute approximate surface area is 171 Å². The fraction of sp³-hybridized carbons (Fsp3) is 0.278. The van der Waals surface area contributed by atoms with Gasteiger partial charge in [0.05, 0.1) is 29.9 Å². The number of benzene rings is 1. The number of carbonyl (C=O) groups excluding carboxylic acids is 1. The van der Waals surface area contributed by atoms with Gasteiger partial charge in [-0.05, 0) is 36.1 Å². The quantitative estimate of drug-likeness (QED) is 0.653. The van der Waals surface area contributed by atoms with Crippen molar-refractivity contribution in [3.63, 3.8) is 0 Å². The smallest absolute Gasteiger partial charge is 0.263 e. The first-order valence-corrected chi connectivity index (χ1v) is 11.4. The number of amides is 1. The molecular weight excluding hydrogens is 416 g/mol. The van der Waals surface area contributed by atoms with Crippen molar-refractivity contribution in [1.29, 1.82) is 0 Å². The van der Waals surface area contributed by atoms with Crippen LogP contribution in [-0.4, -0.2) is 43.4 Å². The van der Waals surface area contributed by atoms with Crippen molar-refractivity contribution in [2.45, 2.75) is 19.6 Å². The maximum atomic E-state index is 12.6. The zero-order valence-electron chi connectivity index (χ0n) is 15.7. The third-order valence-corrected chi connectivity index (χ3v) is 6.31. The Morgan fingerprint density at radius 2 is 2.21 bits per heavy atom. The van der Waals surface area contributed by atoms with Gasteiger partial charge in [-0.25, -0.2) is 8.42 Å². The molecular formula is C18H18N4O5S2. The first-order chi connectivity index (χ1) is 13.8. The number of hydrogen-bond acceptors (Lipinski definition) is 8. The molecule has 1 N–H and O–H groups in total. The van der Waals surface area contributed by atoms with Gasteiger partial charge in [0.1, 0.15) is 5.75 Å². The third kappa shape index (κ3) is 4.10. The van der Waals surface area contributed by atoms with E-state index in [0.29, 0.717) is 17.3 Å². The van der Waals surface area contributed by atoms with E-state index in [2.05, 4.69) is 15.5 Å². The van der Waals surface area contributed by atoms with Crippen molar-refractivity contribution in [2.24, 2.45) is 0 Å². The second kappa shape index (κ2) is 7.48. The van der Waals surface area contributed by atoms with Crippen LogP contribution in [0.25, 0.3) is 10.7 Å². The van der Waals surface area contributed by atoms with Crippen molar-refractivity contribution >= 4 is 33.0 Å². The number of aromatic nitrogens is 2. The van der Waals surface area contributed by atoms with Gasteiger partial charge < -0.3 is 14.6 Å². The van der Waals surface area contributed by atoms with E-state index in [1.54, 1.807) is 18.2 Å². The summed E-state index contributed by atoms with van der Waals surface area (Å²) in [5, 5.41) is 8.45. The topological polar surface area (TPSA) is 115 Å². The van der Waals surface area contributed by atoms with E-state index in [-0.39, 0.29) is 19.0 Å². The second-order valence-corrected chi connectivity index (χ2v) is 9.43. The molecule has 0 unspecified atom stereocenters. The van der Waals surface area contributed by atoms with Gasteiger partial charge in [0.15, 0.2) is 6.10 Å². The Kier molecular flexibility index (Phi) is 5.01. The SMILES string of the molecule is Cc1ccc2c(c1)N(S(C)(=O)=O)C[C@H](C(=O)NCc1nc(-c3cccs3)no1)O2. The summed E-state index contributed by atoms with van der Waals surface area (Å²) in [6.45, 7) is 1.75. The number of aryl methyl sites for hydroxylation is 1. The molecule has 3 heterocycles. The van der Waals surface area contributed by atoms with E-state index in [4.69, 9.17) is 9.26 Å². The molecule has 1 aromatic carbocycles. The molecule has 1 amide bonds. The first-order valence-electron chi connectivity index (χ1n) is 8.70. The molecule has 3 aromatic rings. The summed E-state index contributed by atoms with van der Waals surface area (Å²) < 4.78 is 36.5. The number of ether oxygens (including phenoxy) is 1. The van der Waals surface area contributed by atoms with Crippen LogP contribution in [0.15, 0.2) is 40.2 Å². The Balaban J connectivity index is 1.47. The summed E-state index contributed by atoms with van der Waals surface area (Å²) in [7, 11) is -3.58. The van der Waals surface area contributed by atoms with Crippen LogP contribution >= 0.6 is 11.3 Å². The highest BCUT2D eigenvalue weighted by molar-refractivity contribution is 7.92. The van der Waals surface area contributed by atoms with Crippen LogP contribution in [0.5, 0.6) is 5.75 Å². The fourth-order valence-corrected chi connectivity index (χ4v) is 4.48. The largest absolute Gasteiger partial charge is 0.476 e. The van der Waals surface area contributed by atoms with Crippen molar-refractivity contribution in [3.8, 4) is 16.5 Å². The number of carbonyl (C=O) groups is 1. The predicted octanol–water partition coefficient (Wildman–Crippen LogP) is 1.95. The maximum Gasteiger partial charge on any atom is 0.263 e. The number of nitrogens with zero attached hydrogens (tertiary/aromatic N) is 3. The summed E-state index contributed by atoms with van der Waals surface area (Å²) in [4.78, 5) is 17.7. The molecule has 2 aromatic heterocycles. The maximum absolute atomic E-state index is 12.6. The minimum atomic E-state index is -3.58. The average molecular weight is 434 g/mol. The van der Waals surface area contributed by atoms with Gasteiger partial charge >= 0.3 is 0 Å². The molecule has 11 heteroatoms. The fourth-order valence-electron chi connectivity index (χ4n) is 2.92. The lowest BCUT2D eigenvalue weighted by molar-refractivity contribution is -0.128. The zero-order valence-corrected chi connectivity index (χ0v) is 17.3. The van der Waals surface area contributed by atoms with E-state index >= 15 is 0 Å². The number of thiophene rings is 1. The van der Waals surface area contributed by atoms with Crippen LogP contribution in [0.3, 0.4) is 0 Å². The normalized spacial score (nSPS) is 16.2. The van der Waals surface area contributed by atoms with Crippen LogP contribution < -0.4 is 14.4 Å². The van der Waals surface area contributed by atoms with Crippen LogP contribution in [0, 0.1) is 6.92 Å². The first kappa shape index (κ1) is 19.4. The highest BCUT2D eigenvalue weighted by Crippen LogP contribution is 2.35. The van der Waals surface area contributed by atoms with Crippen LogP contribution in [0.2, 0.25) is 0 Å². The molecule has 0 saturated carbocycles. The Morgan fingerprint density at radius 3 is 2.93 bits per heavy atom. The minimum Gasteiger partial charge on any atom is -0.476 e. The van der Waals surface area contributed by atoms with E-state index in [1.807, 2.05) is 24.4 Å². The van der Waals surface area contributed by atoms with Crippen LogP contribution in [0.1, 0.15) is 11.5 Å². The van der Waals surface area contributed by atoms with E-state index < -0.39 is 22.0 Å². The molecule has 9 nitrogen and oxygen atoms in total. The van der Waals surface area contributed by atoms with Gasteiger partial charge in [-0.3, -0.25) is 9.10 Å². The van der Waals surface area contributed by atoms with Gasteiger partial charge in [0.2, 0.25) is 21.7 Å². The van der Waals surface area contributed by atoms with Gasteiger partial charge in [-0.1, -0.05) is 17.3 Å². The molecule has 0 radical (unpaired) electrons. The average Bonchev–Trinajstić information content (AvgIpc) is 3.36. The number of rotatable bonds is 5.